The van der Waals surface area contributed by atoms with E-state index in [4.69, 9.17) is 15.3 Å². The van der Waals surface area contributed by atoms with Gasteiger partial charge in [-0.2, -0.15) is 0 Å². The summed E-state index contributed by atoms with van der Waals surface area (Å²) in [6.07, 6.45) is 6.51. The van der Waals surface area contributed by atoms with Crippen molar-refractivity contribution in [1.29, 1.82) is 0 Å². The molecule has 0 heterocycles. The van der Waals surface area contributed by atoms with Crippen molar-refractivity contribution >= 4 is 17.9 Å². The highest BCUT2D eigenvalue weighted by atomic mass is 16.4. The number of carboxylic acids is 3. The van der Waals surface area contributed by atoms with Gasteiger partial charge in [0.25, 0.3) is 0 Å². The van der Waals surface area contributed by atoms with Crippen molar-refractivity contribution < 1.29 is 29.7 Å². The summed E-state index contributed by atoms with van der Waals surface area (Å²) in [4.78, 5) is 31.6. The first kappa shape index (κ1) is 18.4. The zero-order chi connectivity index (χ0) is 15.4. The Balaban J connectivity index is 3.48. The third kappa shape index (κ3) is 11.5. The van der Waals surface area contributed by atoms with Gasteiger partial charge in [0.05, 0.1) is 12.3 Å². The molecule has 0 saturated heterocycles. The van der Waals surface area contributed by atoms with Gasteiger partial charge in [-0.3, -0.25) is 14.4 Å². The van der Waals surface area contributed by atoms with Crippen molar-refractivity contribution in [3.05, 3.63) is 0 Å². The Morgan fingerprint density at radius 1 is 0.700 bits per heavy atom. The molecule has 3 N–H and O–H groups in total. The predicted molar refractivity (Wildman–Crippen MR) is 72.6 cm³/mol. The van der Waals surface area contributed by atoms with Crippen LogP contribution in [0, 0.1) is 5.92 Å². The first-order chi connectivity index (χ1) is 9.43. The molecule has 0 fully saturated rings. The highest BCUT2D eigenvalue weighted by Gasteiger charge is 2.20. The van der Waals surface area contributed by atoms with E-state index in [0.29, 0.717) is 12.8 Å². The van der Waals surface area contributed by atoms with Crippen LogP contribution in [-0.2, 0) is 14.4 Å². The van der Waals surface area contributed by atoms with Crippen molar-refractivity contribution in [3.63, 3.8) is 0 Å². The number of unbranched alkanes of at least 4 members (excludes halogenated alkanes) is 6. The molecule has 1 unspecified atom stereocenters. The van der Waals surface area contributed by atoms with Gasteiger partial charge in [0, 0.05) is 6.42 Å². The van der Waals surface area contributed by atoms with E-state index in [1.54, 1.807) is 0 Å². The van der Waals surface area contributed by atoms with Crippen molar-refractivity contribution in [2.75, 3.05) is 0 Å². The van der Waals surface area contributed by atoms with Gasteiger partial charge in [0.15, 0.2) is 0 Å². The summed E-state index contributed by atoms with van der Waals surface area (Å²) in [6.45, 7) is 0. The standard InChI is InChI=1S/C14H24O6/c15-12(16)9-7-5-3-1-2-4-6-8-11(14(19)20)10-13(17)18/h11H,1-10H2,(H,15,16)(H,17,18)(H,19,20). The summed E-state index contributed by atoms with van der Waals surface area (Å²) < 4.78 is 0. The number of hydrogen-bond acceptors (Lipinski definition) is 3. The molecular weight excluding hydrogens is 264 g/mol. The minimum absolute atomic E-state index is 0.218. The lowest BCUT2D eigenvalue weighted by molar-refractivity contribution is -0.148. The van der Waals surface area contributed by atoms with Crippen LogP contribution >= 0.6 is 0 Å². The van der Waals surface area contributed by atoms with Gasteiger partial charge >= 0.3 is 17.9 Å². The summed E-state index contributed by atoms with van der Waals surface area (Å²) in [5.41, 5.74) is 0. The van der Waals surface area contributed by atoms with Gasteiger partial charge in [-0.05, 0) is 12.8 Å². The molecule has 1 atom stereocenters. The molecule has 0 saturated carbocycles. The van der Waals surface area contributed by atoms with Crippen LogP contribution in [0.2, 0.25) is 0 Å². The lowest BCUT2D eigenvalue weighted by atomic mass is 9.97. The van der Waals surface area contributed by atoms with Gasteiger partial charge in [-0.15, -0.1) is 0 Å². The fraction of sp³-hybridized carbons (Fsp3) is 0.786. The Labute approximate surface area is 118 Å². The van der Waals surface area contributed by atoms with Crippen LogP contribution in [0.1, 0.15) is 64.2 Å². The zero-order valence-corrected chi connectivity index (χ0v) is 11.7. The molecule has 20 heavy (non-hydrogen) atoms. The minimum Gasteiger partial charge on any atom is -0.481 e. The second kappa shape index (κ2) is 11.3. The van der Waals surface area contributed by atoms with Gasteiger partial charge in [-0.25, -0.2) is 0 Å². The van der Waals surface area contributed by atoms with E-state index in [-0.39, 0.29) is 12.8 Å². The molecule has 0 aliphatic heterocycles. The van der Waals surface area contributed by atoms with E-state index in [1.807, 2.05) is 0 Å². The average Bonchev–Trinajstić information content (AvgIpc) is 2.34. The largest absolute Gasteiger partial charge is 0.481 e. The lowest BCUT2D eigenvalue weighted by Gasteiger charge is -2.09. The quantitative estimate of drug-likeness (QED) is 0.449. The lowest BCUT2D eigenvalue weighted by Crippen LogP contribution is -2.17. The van der Waals surface area contributed by atoms with Crippen LogP contribution in [-0.4, -0.2) is 33.2 Å². The van der Waals surface area contributed by atoms with E-state index in [1.165, 1.54) is 0 Å². The van der Waals surface area contributed by atoms with Crippen molar-refractivity contribution in [1.82, 2.24) is 0 Å². The normalized spacial score (nSPS) is 12.0. The first-order valence-corrected chi connectivity index (χ1v) is 7.10. The molecule has 0 aliphatic rings. The molecule has 0 aliphatic carbocycles. The minimum atomic E-state index is -1.07. The predicted octanol–water partition coefficient (Wildman–Crippen LogP) is 2.76. The van der Waals surface area contributed by atoms with E-state index in [9.17, 15) is 14.4 Å². The Hall–Kier alpha value is -1.59. The van der Waals surface area contributed by atoms with Crippen molar-refractivity contribution in [2.45, 2.75) is 64.2 Å². The molecule has 0 bridgehead atoms. The zero-order valence-electron chi connectivity index (χ0n) is 11.7. The fourth-order valence-corrected chi connectivity index (χ4v) is 2.07. The number of carbonyl (C=O) groups is 3. The van der Waals surface area contributed by atoms with Crippen LogP contribution in [0.15, 0.2) is 0 Å². The maximum absolute atomic E-state index is 10.8. The van der Waals surface area contributed by atoms with Crippen LogP contribution in [0.25, 0.3) is 0 Å². The Kier molecular flexibility index (Phi) is 10.4. The number of carboxylic acid groups (broad SMARTS) is 3. The molecule has 0 spiro atoms. The summed E-state index contributed by atoms with van der Waals surface area (Å²) in [5.74, 6) is -3.66. The van der Waals surface area contributed by atoms with E-state index in [0.717, 1.165) is 38.5 Å². The third-order valence-electron chi connectivity index (χ3n) is 3.21. The molecule has 0 aromatic carbocycles. The highest BCUT2D eigenvalue weighted by molar-refractivity contribution is 5.77. The fourth-order valence-electron chi connectivity index (χ4n) is 2.07. The average molecular weight is 288 g/mol. The van der Waals surface area contributed by atoms with Gasteiger partial charge in [-0.1, -0.05) is 38.5 Å². The second-order valence-corrected chi connectivity index (χ2v) is 5.04. The summed E-state index contributed by atoms with van der Waals surface area (Å²) in [7, 11) is 0. The van der Waals surface area contributed by atoms with Crippen molar-refractivity contribution in [3.8, 4) is 0 Å². The Morgan fingerprint density at radius 2 is 1.20 bits per heavy atom. The summed E-state index contributed by atoms with van der Waals surface area (Å²) in [6, 6.07) is 0. The third-order valence-corrected chi connectivity index (χ3v) is 3.21. The second-order valence-electron chi connectivity index (χ2n) is 5.04. The molecular formula is C14H24O6. The topological polar surface area (TPSA) is 112 Å². The monoisotopic (exact) mass is 288 g/mol. The smallest absolute Gasteiger partial charge is 0.307 e. The molecule has 0 rings (SSSR count). The van der Waals surface area contributed by atoms with Crippen LogP contribution < -0.4 is 0 Å². The van der Waals surface area contributed by atoms with E-state index in [2.05, 4.69) is 0 Å². The van der Waals surface area contributed by atoms with Gasteiger partial charge in [0.1, 0.15) is 0 Å². The molecule has 0 aromatic rings. The SMILES string of the molecule is O=C(O)CCCCCCCCCC(CC(=O)O)C(=O)O. The summed E-state index contributed by atoms with van der Waals surface area (Å²) >= 11 is 0. The number of rotatable bonds is 13. The molecule has 116 valence electrons. The molecule has 0 aromatic heterocycles. The molecule has 6 nitrogen and oxygen atoms in total. The van der Waals surface area contributed by atoms with Gasteiger partial charge in [0.2, 0.25) is 0 Å². The number of hydrogen-bond donors (Lipinski definition) is 3. The van der Waals surface area contributed by atoms with Crippen molar-refractivity contribution in [2.24, 2.45) is 5.92 Å². The Bertz CT molecular complexity index is 313. The highest BCUT2D eigenvalue weighted by Crippen LogP contribution is 2.16. The number of aliphatic carboxylic acids is 3. The maximum Gasteiger partial charge on any atom is 0.307 e. The van der Waals surface area contributed by atoms with Crippen LogP contribution in [0.5, 0.6) is 0 Å². The van der Waals surface area contributed by atoms with Crippen LogP contribution in [0.4, 0.5) is 0 Å². The summed E-state index contributed by atoms with van der Waals surface area (Å²) in [5, 5.41) is 25.9. The Morgan fingerprint density at radius 3 is 1.65 bits per heavy atom. The molecule has 6 heteroatoms. The van der Waals surface area contributed by atoms with E-state index < -0.39 is 23.8 Å². The first-order valence-electron chi connectivity index (χ1n) is 7.10. The molecule has 0 amide bonds. The van der Waals surface area contributed by atoms with Gasteiger partial charge < -0.3 is 15.3 Å². The van der Waals surface area contributed by atoms with Crippen LogP contribution in [0.3, 0.4) is 0 Å². The maximum atomic E-state index is 10.8. The van der Waals surface area contributed by atoms with E-state index >= 15 is 0 Å². The molecule has 0 radical (unpaired) electrons.